The maximum Gasteiger partial charge on any atom is 0.416 e. The van der Waals surface area contributed by atoms with Gasteiger partial charge >= 0.3 is 12.1 Å². The van der Waals surface area contributed by atoms with Crippen LogP contribution in [0.5, 0.6) is 28.7 Å². The third-order valence-corrected chi connectivity index (χ3v) is 8.05. The van der Waals surface area contributed by atoms with Crippen LogP contribution in [0.3, 0.4) is 0 Å². The number of alkyl halides is 3. The molecule has 0 aliphatic carbocycles. The van der Waals surface area contributed by atoms with E-state index in [1.807, 2.05) is 31.2 Å². The second-order valence-corrected chi connectivity index (χ2v) is 11.6. The lowest BCUT2D eigenvalue weighted by molar-refractivity contribution is -0.137. The summed E-state index contributed by atoms with van der Waals surface area (Å²) in [7, 11) is 4.71. The lowest BCUT2D eigenvalue weighted by Gasteiger charge is -2.39. The van der Waals surface area contributed by atoms with Crippen LogP contribution < -0.4 is 29.0 Å². The summed E-state index contributed by atoms with van der Waals surface area (Å²) in [4.78, 5) is 11.8. The van der Waals surface area contributed by atoms with Gasteiger partial charge in [0.15, 0.2) is 18.1 Å². The van der Waals surface area contributed by atoms with E-state index in [4.69, 9.17) is 28.4 Å². The molecule has 0 amide bonds. The number of fused-ring (bicyclic) bond motifs is 4. The highest BCUT2D eigenvalue weighted by atomic mass is 35.5. The quantitative estimate of drug-likeness (QED) is 0.129. The van der Waals surface area contributed by atoms with Crippen LogP contribution >= 0.6 is 12.4 Å². The summed E-state index contributed by atoms with van der Waals surface area (Å²) < 4.78 is 70.7. The fraction of sp³-hybridized carbons (Fsp3) is 0.289. The Labute approximate surface area is 300 Å². The van der Waals surface area contributed by atoms with Gasteiger partial charge in [-0.2, -0.15) is 13.2 Å². The summed E-state index contributed by atoms with van der Waals surface area (Å²) in [6.45, 7) is 2.47. The standard InChI is InChI=1S/C19H20F3NO2.C19H18O6.ClH/c1-14(12-15-6-5-9-17(13-15)19(20,21)22)23-10-11-25-18(24)16-7-3-2-4-8-16;1-21-12-5-4-11-6-14-13-8-17(22-2)18(23-3)9-16(13)24-10-19(14,20)25-15(11)7-12;/h2-9,13-14,23H,10-12H2,1H3;4-9,20H,10H2,1-3H3;1H. The van der Waals surface area contributed by atoms with Crippen molar-refractivity contribution >= 4 is 30.0 Å². The van der Waals surface area contributed by atoms with Crippen molar-refractivity contribution in [3.63, 3.8) is 0 Å². The molecular formula is C38H39ClF3NO8. The van der Waals surface area contributed by atoms with E-state index in [1.165, 1.54) is 6.07 Å². The van der Waals surface area contributed by atoms with E-state index in [-0.39, 0.29) is 31.7 Å². The largest absolute Gasteiger partial charge is 0.497 e. The number of carbonyl (C=O) groups is 1. The fourth-order valence-corrected chi connectivity index (χ4v) is 5.52. The van der Waals surface area contributed by atoms with Gasteiger partial charge in [-0.1, -0.05) is 36.4 Å². The van der Waals surface area contributed by atoms with Crippen LogP contribution in [0.1, 0.15) is 39.5 Å². The minimum absolute atomic E-state index is 0. The van der Waals surface area contributed by atoms with Crippen molar-refractivity contribution in [2.24, 2.45) is 0 Å². The maximum atomic E-state index is 12.7. The Balaban J connectivity index is 0.000000224. The van der Waals surface area contributed by atoms with Crippen LogP contribution in [0.25, 0.3) is 11.6 Å². The second-order valence-electron chi connectivity index (χ2n) is 11.6. The number of aliphatic hydroxyl groups is 1. The van der Waals surface area contributed by atoms with Crippen molar-refractivity contribution in [3.05, 3.63) is 113 Å². The van der Waals surface area contributed by atoms with Crippen molar-refractivity contribution in [1.82, 2.24) is 5.32 Å². The molecule has 2 N–H and O–H groups in total. The molecule has 0 fully saturated rings. The molecular weight excluding hydrogens is 691 g/mol. The summed E-state index contributed by atoms with van der Waals surface area (Å²) >= 11 is 0. The fourth-order valence-electron chi connectivity index (χ4n) is 5.52. The van der Waals surface area contributed by atoms with E-state index in [0.717, 1.165) is 17.7 Å². The van der Waals surface area contributed by atoms with E-state index in [0.29, 0.717) is 64.0 Å². The number of benzene rings is 4. The van der Waals surface area contributed by atoms with Crippen molar-refractivity contribution in [3.8, 4) is 28.7 Å². The molecule has 2 unspecified atom stereocenters. The third kappa shape index (κ3) is 9.46. The molecule has 0 bridgehead atoms. The Morgan fingerprint density at radius 1 is 0.922 bits per heavy atom. The van der Waals surface area contributed by atoms with Gasteiger partial charge in [-0.3, -0.25) is 0 Å². The molecule has 2 heterocycles. The summed E-state index contributed by atoms with van der Waals surface area (Å²) in [5.74, 6) is 0.944. The molecule has 2 aliphatic heterocycles. The number of ether oxygens (including phenoxy) is 6. The predicted octanol–water partition coefficient (Wildman–Crippen LogP) is 7.23. The maximum absolute atomic E-state index is 12.7. The molecule has 6 rings (SSSR count). The average Bonchev–Trinajstić information content (AvgIpc) is 3.11. The Kier molecular flexibility index (Phi) is 12.9. The van der Waals surface area contributed by atoms with Crippen LogP contribution in [-0.2, 0) is 17.3 Å². The van der Waals surface area contributed by atoms with Crippen LogP contribution in [0.4, 0.5) is 13.2 Å². The number of methoxy groups -OCH3 is 3. The first-order chi connectivity index (χ1) is 23.9. The molecule has 2 atom stereocenters. The predicted molar refractivity (Wildman–Crippen MR) is 188 cm³/mol. The van der Waals surface area contributed by atoms with Crippen LogP contribution in [-0.4, -0.2) is 64.0 Å². The average molecular weight is 730 g/mol. The van der Waals surface area contributed by atoms with E-state index >= 15 is 0 Å². The molecule has 2 aliphatic rings. The van der Waals surface area contributed by atoms with Gasteiger partial charge in [-0.15, -0.1) is 12.4 Å². The van der Waals surface area contributed by atoms with Gasteiger partial charge in [0, 0.05) is 41.4 Å². The molecule has 0 aromatic heterocycles. The first kappa shape index (κ1) is 38.9. The Bertz CT molecular complexity index is 1840. The van der Waals surface area contributed by atoms with Gasteiger partial charge in [0.05, 0.1) is 32.5 Å². The third-order valence-electron chi connectivity index (χ3n) is 8.05. The number of halogens is 4. The van der Waals surface area contributed by atoms with Crippen molar-refractivity contribution < 1.29 is 51.5 Å². The number of rotatable bonds is 10. The Morgan fingerprint density at radius 3 is 2.33 bits per heavy atom. The summed E-state index contributed by atoms with van der Waals surface area (Å²) in [6.07, 6.45) is -1.99. The monoisotopic (exact) mass is 729 g/mol. The molecule has 13 heteroatoms. The van der Waals surface area contributed by atoms with Gasteiger partial charge in [-0.25, -0.2) is 4.79 Å². The Morgan fingerprint density at radius 2 is 1.65 bits per heavy atom. The lowest BCUT2D eigenvalue weighted by atomic mass is 9.90. The van der Waals surface area contributed by atoms with E-state index < -0.39 is 23.5 Å². The van der Waals surface area contributed by atoms with Gasteiger partial charge in [0.25, 0.3) is 5.79 Å². The van der Waals surface area contributed by atoms with E-state index in [2.05, 4.69) is 5.32 Å². The number of esters is 1. The van der Waals surface area contributed by atoms with E-state index in [9.17, 15) is 23.1 Å². The number of nitrogens with one attached hydrogen (secondary N) is 1. The number of hydrogen-bond acceptors (Lipinski definition) is 9. The topological polar surface area (TPSA) is 105 Å². The lowest BCUT2D eigenvalue weighted by Crippen LogP contribution is -2.47. The van der Waals surface area contributed by atoms with Crippen molar-refractivity contribution in [1.29, 1.82) is 0 Å². The van der Waals surface area contributed by atoms with Crippen LogP contribution in [0.2, 0.25) is 0 Å². The smallest absolute Gasteiger partial charge is 0.416 e. The molecule has 0 spiro atoms. The summed E-state index contributed by atoms with van der Waals surface area (Å²) in [6, 6.07) is 22.9. The highest BCUT2D eigenvalue weighted by Gasteiger charge is 2.44. The molecule has 4 aromatic carbocycles. The normalized spacial score (nSPS) is 16.0. The first-order valence-corrected chi connectivity index (χ1v) is 15.8. The van der Waals surface area contributed by atoms with Crippen molar-refractivity contribution in [2.45, 2.75) is 31.3 Å². The SMILES string of the molecule is CC(Cc1cccc(C(F)(F)F)c1)NCCOC(=O)c1ccccc1.COc1ccc2c(c1)OC1(O)COc3cc(OC)c(OC)cc3C1=C2.Cl. The van der Waals surface area contributed by atoms with Gasteiger partial charge < -0.3 is 38.8 Å². The van der Waals surface area contributed by atoms with Crippen LogP contribution in [0.15, 0.2) is 84.9 Å². The summed E-state index contributed by atoms with van der Waals surface area (Å²) in [5, 5.41) is 14.1. The van der Waals surface area contributed by atoms with Gasteiger partial charge in [0.2, 0.25) is 0 Å². The number of hydrogen-bond donors (Lipinski definition) is 2. The van der Waals surface area contributed by atoms with Crippen LogP contribution in [0, 0.1) is 0 Å². The minimum atomic E-state index is -4.34. The highest BCUT2D eigenvalue weighted by molar-refractivity contribution is 5.92. The number of carbonyl (C=O) groups excluding carboxylic acids is 1. The second kappa shape index (κ2) is 16.9. The zero-order chi connectivity index (χ0) is 35.9. The Hall–Kier alpha value is -4.91. The summed E-state index contributed by atoms with van der Waals surface area (Å²) in [5.41, 5.74) is 2.62. The molecule has 4 aromatic rings. The first-order valence-electron chi connectivity index (χ1n) is 15.8. The molecule has 272 valence electrons. The van der Waals surface area contributed by atoms with Gasteiger partial charge in [0.1, 0.15) is 23.9 Å². The van der Waals surface area contributed by atoms with E-state index in [1.54, 1.807) is 69.9 Å². The highest BCUT2D eigenvalue weighted by Crippen LogP contribution is 2.49. The van der Waals surface area contributed by atoms with Gasteiger partial charge in [-0.05, 0) is 61.4 Å². The minimum Gasteiger partial charge on any atom is -0.497 e. The molecule has 0 radical (unpaired) electrons. The zero-order valence-corrected chi connectivity index (χ0v) is 29.2. The molecule has 0 saturated carbocycles. The molecule has 51 heavy (non-hydrogen) atoms. The molecule has 9 nitrogen and oxygen atoms in total. The molecule has 0 saturated heterocycles. The zero-order valence-electron chi connectivity index (χ0n) is 28.4. The van der Waals surface area contributed by atoms with Crippen molar-refractivity contribution in [2.75, 3.05) is 41.1 Å².